The van der Waals surface area contributed by atoms with E-state index in [9.17, 15) is 4.79 Å². The molecule has 2 aromatic carbocycles. The van der Waals surface area contributed by atoms with E-state index in [0.717, 1.165) is 43.1 Å². The summed E-state index contributed by atoms with van der Waals surface area (Å²) in [6.45, 7) is 4.08. The van der Waals surface area contributed by atoms with Gasteiger partial charge in [0, 0.05) is 37.4 Å². The number of carbonyl (C=O) groups is 1. The topological polar surface area (TPSA) is 74.5 Å². The van der Waals surface area contributed by atoms with Gasteiger partial charge in [-0.15, -0.1) is 0 Å². The van der Waals surface area contributed by atoms with Crippen molar-refractivity contribution in [3.63, 3.8) is 0 Å². The maximum Gasteiger partial charge on any atom is 0.335 e. The molecule has 4 rings (SSSR count). The maximum atomic E-state index is 11.2. The molecule has 27 heavy (non-hydrogen) atoms. The van der Waals surface area contributed by atoms with Gasteiger partial charge in [-0.3, -0.25) is 4.90 Å². The number of hydrogen-bond donors (Lipinski definition) is 1. The lowest BCUT2D eigenvalue weighted by Gasteiger charge is -2.35. The quantitative estimate of drug-likeness (QED) is 0.750. The molecule has 1 aromatic heterocycles. The fraction of sp³-hybridized carbons (Fsp3) is 0.250. The number of carboxylic acids is 1. The summed E-state index contributed by atoms with van der Waals surface area (Å²) in [7, 11) is 0. The summed E-state index contributed by atoms with van der Waals surface area (Å²) < 4.78 is 0. The third-order valence-corrected chi connectivity index (χ3v) is 4.76. The minimum atomic E-state index is -0.894. The maximum absolute atomic E-state index is 11.2. The van der Waals surface area contributed by atoms with E-state index in [-0.39, 0.29) is 0 Å². The molecule has 1 aliphatic rings. The highest BCUT2D eigenvalue weighted by Gasteiger charge is 2.19. The van der Waals surface area contributed by atoms with Crippen molar-refractivity contribution < 1.29 is 9.90 Å². The third kappa shape index (κ3) is 3.98. The van der Waals surface area contributed by atoms with Crippen LogP contribution in [0.25, 0.3) is 11.3 Å². The molecule has 0 spiro atoms. The van der Waals surface area contributed by atoms with Crippen LogP contribution in [0.15, 0.2) is 60.8 Å². The zero-order valence-electron chi connectivity index (χ0n) is 14.9. The lowest BCUT2D eigenvalue weighted by molar-refractivity contribution is 0.0697. The number of piperazine rings is 1. The Labute approximate surface area is 157 Å². The molecule has 1 N–H and O–H groups in total. The van der Waals surface area contributed by atoms with E-state index in [1.165, 1.54) is 0 Å². The van der Waals surface area contributed by atoms with Crippen molar-refractivity contribution in [1.82, 2.24) is 19.9 Å². The summed E-state index contributed by atoms with van der Waals surface area (Å²) >= 11 is 0. The highest BCUT2D eigenvalue weighted by Crippen LogP contribution is 2.19. The standard InChI is InChI=1S/C20H21N5O2/c26-20(27)17-7-4-8-18(13-17)24-11-9-23(10-12-24)15-25-21-14-19(22-25)16-5-2-1-3-6-16/h1-8,13-14H,9-12,15H2,(H,26,27). The minimum absolute atomic E-state index is 0.323. The number of nitrogens with zero attached hydrogens (tertiary/aromatic N) is 5. The summed E-state index contributed by atoms with van der Waals surface area (Å²) in [4.78, 5) is 17.4. The Morgan fingerprint density at radius 1 is 1.00 bits per heavy atom. The monoisotopic (exact) mass is 363 g/mol. The number of benzene rings is 2. The zero-order valence-corrected chi connectivity index (χ0v) is 14.9. The van der Waals surface area contributed by atoms with E-state index in [2.05, 4.69) is 20.0 Å². The second kappa shape index (κ2) is 7.59. The van der Waals surface area contributed by atoms with Crippen LogP contribution in [-0.4, -0.2) is 57.1 Å². The van der Waals surface area contributed by atoms with E-state index >= 15 is 0 Å². The van der Waals surface area contributed by atoms with Gasteiger partial charge in [0.1, 0.15) is 12.4 Å². The zero-order chi connectivity index (χ0) is 18.6. The number of carboxylic acid groups (broad SMARTS) is 1. The van der Waals surface area contributed by atoms with Crippen LogP contribution in [-0.2, 0) is 6.67 Å². The molecule has 0 radical (unpaired) electrons. The second-order valence-electron chi connectivity index (χ2n) is 6.57. The van der Waals surface area contributed by atoms with Gasteiger partial charge >= 0.3 is 5.97 Å². The van der Waals surface area contributed by atoms with Crippen molar-refractivity contribution in [2.24, 2.45) is 0 Å². The molecular formula is C20H21N5O2. The van der Waals surface area contributed by atoms with Crippen molar-refractivity contribution in [1.29, 1.82) is 0 Å². The largest absolute Gasteiger partial charge is 0.478 e. The first-order valence-electron chi connectivity index (χ1n) is 8.95. The first-order valence-corrected chi connectivity index (χ1v) is 8.95. The minimum Gasteiger partial charge on any atom is -0.478 e. The molecule has 1 fully saturated rings. The van der Waals surface area contributed by atoms with Gasteiger partial charge in [0.2, 0.25) is 0 Å². The molecule has 7 nitrogen and oxygen atoms in total. The van der Waals surface area contributed by atoms with Crippen molar-refractivity contribution >= 4 is 11.7 Å². The highest BCUT2D eigenvalue weighted by molar-refractivity contribution is 5.88. The molecule has 0 aliphatic carbocycles. The van der Waals surface area contributed by atoms with E-state index in [0.29, 0.717) is 12.2 Å². The number of anilines is 1. The van der Waals surface area contributed by atoms with E-state index in [4.69, 9.17) is 5.11 Å². The molecule has 0 amide bonds. The Hall–Kier alpha value is -3.19. The van der Waals surface area contributed by atoms with E-state index in [1.807, 2.05) is 36.4 Å². The van der Waals surface area contributed by atoms with Crippen molar-refractivity contribution in [2.45, 2.75) is 6.67 Å². The Morgan fingerprint density at radius 3 is 2.52 bits per heavy atom. The van der Waals surface area contributed by atoms with Crippen LogP contribution >= 0.6 is 0 Å². The van der Waals surface area contributed by atoms with Gasteiger partial charge in [-0.25, -0.2) is 4.79 Å². The average molecular weight is 363 g/mol. The van der Waals surface area contributed by atoms with Crippen LogP contribution < -0.4 is 4.90 Å². The van der Waals surface area contributed by atoms with Gasteiger partial charge in [-0.05, 0) is 18.2 Å². The average Bonchev–Trinajstić information content (AvgIpc) is 3.18. The van der Waals surface area contributed by atoms with Gasteiger partial charge in [-0.2, -0.15) is 15.0 Å². The van der Waals surface area contributed by atoms with Gasteiger partial charge in [0.15, 0.2) is 0 Å². The van der Waals surface area contributed by atoms with E-state index in [1.54, 1.807) is 29.2 Å². The number of rotatable bonds is 5. The summed E-state index contributed by atoms with van der Waals surface area (Å²) in [5, 5.41) is 18.1. The molecule has 0 atom stereocenters. The summed E-state index contributed by atoms with van der Waals surface area (Å²) in [6, 6.07) is 17.1. The Balaban J connectivity index is 1.35. The predicted octanol–water partition coefficient (Wildman–Crippen LogP) is 2.42. The molecular weight excluding hydrogens is 342 g/mol. The Kier molecular flexibility index (Phi) is 4.84. The van der Waals surface area contributed by atoms with Crippen molar-refractivity contribution in [3.05, 3.63) is 66.4 Å². The highest BCUT2D eigenvalue weighted by atomic mass is 16.4. The SMILES string of the molecule is O=C(O)c1cccc(N2CCN(Cn3ncc(-c4ccccc4)n3)CC2)c1. The number of aromatic carboxylic acids is 1. The first kappa shape index (κ1) is 17.2. The summed E-state index contributed by atoms with van der Waals surface area (Å²) in [5.41, 5.74) is 3.22. The molecule has 1 saturated heterocycles. The lowest BCUT2D eigenvalue weighted by atomic mass is 10.1. The van der Waals surface area contributed by atoms with Gasteiger partial charge < -0.3 is 10.0 Å². The van der Waals surface area contributed by atoms with Gasteiger partial charge in [-0.1, -0.05) is 36.4 Å². The van der Waals surface area contributed by atoms with Crippen LogP contribution in [0.1, 0.15) is 10.4 Å². The lowest BCUT2D eigenvalue weighted by Crippen LogP contribution is -2.47. The smallest absolute Gasteiger partial charge is 0.335 e. The van der Waals surface area contributed by atoms with Crippen LogP contribution in [0, 0.1) is 0 Å². The molecule has 0 bridgehead atoms. The molecule has 2 heterocycles. The number of hydrogen-bond acceptors (Lipinski definition) is 5. The predicted molar refractivity (Wildman–Crippen MR) is 103 cm³/mol. The normalized spacial score (nSPS) is 15.0. The summed E-state index contributed by atoms with van der Waals surface area (Å²) in [5.74, 6) is -0.894. The van der Waals surface area contributed by atoms with E-state index < -0.39 is 5.97 Å². The second-order valence-corrected chi connectivity index (χ2v) is 6.57. The van der Waals surface area contributed by atoms with Crippen LogP contribution in [0.2, 0.25) is 0 Å². The van der Waals surface area contributed by atoms with Crippen LogP contribution in [0.3, 0.4) is 0 Å². The first-order chi connectivity index (χ1) is 13.2. The fourth-order valence-electron chi connectivity index (χ4n) is 3.27. The molecule has 138 valence electrons. The molecule has 1 aliphatic heterocycles. The summed E-state index contributed by atoms with van der Waals surface area (Å²) in [6.07, 6.45) is 1.79. The fourth-order valence-corrected chi connectivity index (χ4v) is 3.27. The Bertz CT molecular complexity index is 917. The molecule has 7 heteroatoms. The van der Waals surface area contributed by atoms with Crippen LogP contribution in [0.5, 0.6) is 0 Å². The third-order valence-electron chi connectivity index (χ3n) is 4.76. The Morgan fingerprint density at radius 2 is 1.78 bits per heavy atom. The van der Waals surface area contributed by atoms with Crippen molar-refractivity contribution in [2.75, 3.05) is 31.1 Å². The van der Waals surface area contributed by atoms with Gasteiger partial charge in [0.05, 0.1) is 11.8 Å². The number of aromatic nitrogens is 3. The van der Waals surface area contributed by atoms with Gasteiger partial charge in [0.25, 0.3) is 0 Å². The van der Waals surface area contributed by atoms with Crippen LogP contribution in [0.4, 0.5) is 5.69 Å². The molecule has 0 saturated carbocycles. The van der Waals surface area contributed by atoms with Crippen molar-refractivity contribution in [3.8, 4) is 11.3 Å². The molecule has 3 aromatic rings. The molecule has 0 unspecified atom stereocenters.